The zero-order chi connectivity index (χ0) is 23.9. The molecule has 1 atom stereocenters. The number of alkyl halides is 1. The molecule has 0 saturated carbocycles. The summed E-state index contributed by atoms with van der Waals surface area (Å²) >= 11 is 0. The van der Waals surface area contributed by atoms with Crippen LogP contribution in [0.2, 0.25) is 0 Å². The highest BCUT2D eigenvalue weighted by molar-refractivity contribution is 5.90. The van der Waals surface area contributed by atoms with Gasteiger partial charge in [0.25, 0.3) is 0 Å². The lowest BCUT2D eigenvalue weighted by molar-refractivity contribution is 0.0266. The molecule has 5 rings (SSSR count). The summed E-state index contributed by atoms with van der Waals surface area (Å²) in [5, 5.41) is 0.919. The van der Waals surface area contributed by atoms with E-state index in [0.717, 1.165) is 22.3 Å². The molecule has 0 N–H and O–H groups in total. The number of anilines is 1. The molecule has 5 heterocycles. The number of aromatic nitrogens is 4. The Kier molecular flexibility index (Phi) is 5.58. The number of piperidine rings is 1. The van der Waals surface area contributed by atoms with E-state index >= 15 is 4.39 Å². The quantitative estimate of drug-likeness (QED) is 0.560. The summed E-state index contributed by atoms with van der Waals surface area (Å²) in [7, 11) is 0. The average Bonchev–Trinajstić information content (AvgIpc) is 3.14. The SMILES string of the molecule is CC(C)(C)OC(=O)N1CC(F)C2(CCN(c3nc(-c4ccncc4)nc4cnccc34)CC2)C1. The van der Waals surface area contributed by atoms with Crippen LogP contribution in [0.5, 0.6) is 0 Å². The van der Waals surface area contributed by atoms with Crippen LogP contribution >= 0.6 is 0 Å². The van der Waals surface area contributed by atoms with Crippen LogP contribution in [0.4, 0.5) is 15.0 Å². The number of rotatable bonds is 2. The number of ether oxygens (including phenoxy) is 1. The van der Waals surface area contributed by atoms with Gasteiger partial charge in [0, 0.05) is 54.6 Å². The Hall–Kier alpha value is -3.36. The second-order valence-corrected chi connectivity index (χ2v) is 10.2. The minimum absolute atomic E-state index is 0.0865. The lowest BCUT2D eigenvalue weighted by Crippen LogP contribution is -2.46. The van der Waals surface area contributed by atoms with Gasteiger partial charge in [-0.15, -0.1) is 0 Å². The summed E-state index contributed by atoms with van der Waals surface area (Å²) in [6.07, 6.45) is 6.67. The summed E-state index contributed by atoms with van der Waals surface area (Å²) in [4.78, 5) is 34.2. The maximum absolute atomic E-state index is 15.3. The average molecular weight is 465 g/mol. The molecule has 2 saturated heterocycles. The molecule has 2 aliphatic heterocycles. The van der Waals surface area contributed by atoms with E-state index in [-0.39, 0.29) is 6.54 Å². The van der Waals surface area contributed by atoms with Crippen molar-refractivity contribution in [3.05, 3.63) is 43.0 Å². The van der Waals surface area contributed by atoms with Gasteiger partial charge < -0.3 is 14.5 Å². The van der Waals surface area contributed by atoms with Crippen molar-refractivity contribution < 1.29 is 13.9 Å². The Bertz CT molecular complexity index is 1190. The number of likely N-dealkylation sites (tertiary alicyclic amines) is 1. The van der Waals surface area contributed by atoms with Crippen LogP contribution in [0.15, 0.2) is 43.0 Å². The van der Waals surface area contributed by atoms with E-state index in [1.165, 1.54) is 4.90 Å². The van der Waals surface area contributed by atoms with E-state index in [9.17, 15) is 4.79 Å². The zero-order valence-corrected chi connectivity index (χ0v) is 19.7. The first kappa shape index (κ1) is 22.4. The maximum Gasteiger partial charge on any atom is 0.410 e. The van der Waals surface area contributed by atoms with Crippen molar-refractivity contribution in [2.24, 2.45) is 5.41 Å². The number of nitrogens with zero attached hydrogens (tertiary/aromatic N) is 6. The van der Waals surface area contributed by atoms with E-state index in [2.05, 4.69) is 14.9 Å². The zero-order valence-electron chi connectivity index (χ0n) is 19.7. The smallest absolute Gasteiger partial charge is 0.410 e. The van der Waals surface area contributed by atoms with Gasteiger partial charge in [0.15, 0.2) is 5.82 Å². The highest BCUT2D eigenvalue weighted by atomic mass is 19.1. The van der Waals surface area contributed by atoms with Crippen molar-refractivity contribution >= 4 is 22.8 Å². The molecule has 2 aliphatic rings. The molecule has 1 amide bonds. The Morgan fingerprint density at radius 3 is 2.50 bits per heavy atom. The Balaban J connectivity index is 1.38. The van der Waals surface area contributed by atoms with Crippen molar-refractivity contribution in [2.45, 2.75) is 45.4 Å². The molecule has 0 radical (unpaired) electrons. The molecule has 178 valence electrons. The Morgan fingerprint density at radius 1 is 1.09 bits per heavy atom. The fourth-order valence-corrected chi connectivity index (χ4v) is 4.87. The minimum Gasteiger partial charge on any atom is -0.444 e. The van der Waals surface area contributed by atoms with Gasteiger partial charge in [0.2, 0.25) is 0 Å². The second kappa shape index (κ2) is 8.45. The van der Waals surface area contributed by atoms with Crippen molar-refractivity contribution in [2.75, 3.05) is 31.1 Å². The lowest BCUT2D eigenvalue weighted by atomic mass is 9.76. The molecule has 3 aromatic rings. The largest absolute Gasteiger partial charge is 0.444 e. The predicted octanol–water partition coefficient (Wildman–Crippen LogP) is 4.26. The first-order valence-corrected chi connectivity index (χ1v) is 11.6. The van der Waals surface area contributed by atoms with Crippen LogP contribution in [0, 0.1) is 5.41 Å². The van der Waals surface area contributed by atoms with Crippen LogP contribution in [0.1, 0.15) is 33.6 Å². The van der Waals surface area contributed by atoms with Gasteiger partial charge in [-0.1, -0.05) is 0 Å². The molecule has 1 spiro atoms. The Morgan fingerprint density at radius 2 is 1.79 bits per heavy atom. The van der Waals surface area contributed by atoms with Crippen molar-refractivity contribution in [1.82, 2.24) is 24.8 Å². The molecule has 0 aromatic carbocycles. The number of pyridine rings is 2. The Labute approximate surface area is 198 Å². The number of amides is 1. The van der Waals surface area contributed by atoms with E-state index in [0.29, 0.717) is 38.3 Å². The number of fused-ring (bicyclic) bond motifs is 1. The molecule has 9 heteroatoms. The van der Waals surface area contributed by atoms with Crippen molar-refractivity contribution in [3.63, 3.8) is 0 Å². The highest BCUT2D eigenvalue weighted by Crippen LogP contribution is 2.44. The molecule has 0 aliphatic carbocycles. The van der Waals surface area contributed by atoms with Crippen LogP contribution < -0.4 is 4.90 Å². The fourth-order valence-electron chi connectivity index (χ4n) is 4.87. The molecule has 1 unspecified atom stereocenters. The van der Waals surface area contributed by atoms with Crippen LogP contribution in [-0.2, 0) is 4.74 Å². The summed E-state index contributed by atoms with van der Waals surface area (Å²) < 4.78 is 20.7. The van der Waals surface area contributed by atoms with Crippen molar-refractivity contribution in [1.29, 1.82) is 0 Å². The summed E-state index contributed by atoms with van der Waals surface area (Å²) in [6, 6.07) is 5.68. The molecule has 3 aromatic heterocycles. The van der Waals surface area contributed by atoms with Gasteiger partial charge in [-0.25, -0.2) is 19.2 Å². The van der Waals surface area contributed by atoms with Gasteiger partial charge in [0.05, 0.1) is 18.3 Å². The maximum atomic E-state index is 15.3. The molecular weight excluding hydrogens is 435 g/mol. The molecule has 34 heavy (non-hydrogen) atoms. The first-order valence-electron chi connectivity index (χ1n) is 11.6. The third-order valence-corrected chi connectivity index (χ3v) is 6.68. The lowest BCUT2D eigenvalue weighted by Gasteiger charge is -2.41. The van der Waals surface area contributed by atoms with Crippen LogP contribution in [0.25, 0.3) is 22.3 Å². The van der Waals surface area contributed by atoms with Crippen LogP contribution in [-0.4, -0.2) is 68.9 Å². The third-order valence-electron chi connectivity index (χ3n) is 6.68. The standard InChI is InChI=1S/C25H29FN6O2/c1-24(2,3)34-23(33)32-15-20(26)25(16-32)7-12-31(13-8-25)22-18-6-11-28-14-19(18)29-21(30-22)17-4-9-27-10-5-17/h4-6,9-11,14,20H,7-8,12-13,15-16H2,1-3H3. The van der Waals surface area contributed by atoms with Crippen molar-refractivity contribution in [3.8, 4) is 11.4 Å². The van der Waals surface area contributed by atoms with Crippen LogP contribution in [0.3, 0.4) is 0 Å². The number of carbonyl (C=O) groups is 1. The predicted molar refractivity (Wildman–Crippen MR) is 127 cm³/mol. The topological polar surface area (TPSA) is 84.3 Å². The third kappa shape index (κ3) is 4.26. The van der Waals surface area contributed by atoms with E-state index in [1.807, 2.05) is 39.0 Å². The highest BCUT2D eigenvalue weighted by Gasteiger charge is 2.50. The van der Waals surface area contributed by atoms with Gasteiger partial charge in [-0.05, 0) is 51.8 Å². The summed E-state index contributed by atoms with van der Waals surface area (Å²) in [6.45, 7) is 7.23. The van der Waals surface area contributed by atoms with Gasteiger partial charge in [-0.2, -0.15) is 0 Å². The van der Waals surface area contributed by atoms with Gasteiger partial charge in [0.1, 0.15) is 17.6 Å². The minimum atomic E-state index is -1.07. The summed E-state index contributed by atoms with van der Waals surface area (Å²) in [5.74, 6) is 1.44. The molecule has 8 nitrogen and oxygen atoms in total. The van der Waals surface area contributed by atoms with E-state index in [4.69, 9.17) is 14.7 Å². The monoisotopic (exact) mass is 464 g/mol. The fraction of sp³-hybridized carbons (Fsp3) is 0.480. The number of hydrogen-bond donors (Lipinski definition) is 0. The number of carbonyl (C=O) groups excluding carboxylic acids is 1. The number of hydrogen-bond acceptors (Lipinski definition) is 7. The summed E-state index contributed by atoms with van der Waals surface area (Å²) in [5.41, 5.74) is 0.492. The molecule has 0 bridgehead atoms. The van der Waals surface area contributed by atoms with E-state index < -0.39 is 23.3 Å². The van der Waals surface area contributed by atoms with Gasteiger partial charge >= 0.3 is 6.09 Å². The number of halogens is 1. The molecular formula is C25H29FN6O2. The normalized spacial score (nSPS) is 20.2. The first-order chi connectivity index (χ1) is 16.2. The van der Waals surface area contributed by atoms with E-state index in [1.54, 1.807) is 24.8 Å². The molecule has 2 fully saturated rings. The van der Waals surface area contributed by atoms with Gasteiger partial charge in [-0.3, -0.25) is 9.97 Å². The second-order valence-electron chi connectivity index (χ2n) is 10.2.